The summed E-state index contributed by atoms with van der Waals surface area (Å²) in [6.07, 6.45) is 3.60. The maximum atomic E-state index is 13.5. The first-order valence-corrected chi connectivity index (χ1v) is 14.9. The lowest BCUT2D eigenvalue weighted by Crippen LogP contribution is -2.40. The van der Waals surface area contributed by atoms with Gasteiger partial charge < -0.3 is 20.1 Å². The lowest BCUT2D eigenvalue weighted by Gasteiger charge is -2.31. The van der Waals surface area contributed by atoms with Gasteiger partial charge in [-0.25, -0.2) is 9.18 Å². The van der Waals surface area contributed by atoms with E-state index in [-0.39, 0.29) is 29.8 Å². The van der Waals surface area contributed by atoms with Crippen LogP contribution in [0.1, 0.15) is 47.2 Å². The Morgan fingerprint density at radius 3 is 2.23 bits per heavy atom. The average molecular weight is 595 g/mol. The number of nitrogens with one attached hydrogen (secondary N) is 1. The summed E-state index contributed by atoms with van der Waals surface area (Å²) in [5, 5.41) is 13.0. The molecule has 1 amide bonds. The Kier molecular flexibility index (Phi) is 10.0. The summed E-state index contributed by atoms with van der Waals surface area (Å²) in [7, 11) is 0. The van der Waals surface area contributed by atoms with E-state index in [9.17, 15) is 23.9 Å². The van der Waals surface area contributed by atoms with Crippen LogP contribution in [0.15, 0.2) is 103 Å². The van der Waals surface area contributed by atoms with Crippen LogP contribution in [-0.4, -0.2) is 42.0 Å². The fourth-order valence-electron chi connectivity index (χ4n) is 5.17. The van der Waals surface area contributed by atoms with Gasteiger partial charge in [0.15, 0.2) is 5.78 Å². The number of benzene rings is 4. The van der Waals surface area contributed by atoms with Gasteiger partial charge in [-0.15, -0.1) is 0 Å². The number of ketones is 1. The zero-order chi connectivity index (χ0) is 30.9. The van der Waals surface area contributed by atoms with Crippen LogP contribution in [0.5, 0.6) is 5.75 Å². The Morgan fingerprint density at radius 2 is 1.57 bits per heavy atom. The minimum Gasteiger partial charge on any atom is -0.494 e. The van der Waals surface area contributed by atoms with E-state index in [0.717, 1.165) is 24.8 Å². The van der Waals surface area contributed by atoms with E-state index in [1.807, 2.05) is 18.2 Å². The van der Waals surface area contributed by atoms with E-state index in [2.05, 4.69) is 5.32 Å². The molecule has 4 aromatic carbocycles. The van der Waals surface area contributed by atoms with E-state index in [0.29, 0.717) is 47.8 Å². The minimum absolute atomic E-state index is 0.0236. The van der Waals surface area contributed by atoms with Crippen molar-refractivity contribution in [2.75, 3.05) is 23.4 Å². The van der Waals surface area contributed by atoms with Gasteiger partial charge in [-0.05, 0) is 73.4 Å². The molecule has 0 spiro atoms. The van der Waals surface area contributed by atoms with Gasteiger partial charge in [0.05, 0.1) is 6.61 Å². The van der Waals surface area contributed by atoms with Gasteiger partial charge >= 0.3 is 5.97 Å². The molecule has 4 aromatic rings. The lowest BCUT2D eigenvalue weighted by atomic mass is 9.84. The first-order valence-electron chi connectivity index (χ1n) is 14.9. The van der Waals surface area contributed by atoms with Crippen molar-refractivity contribution in [1.29, 1.82) is 0 Å². The number of anilines is 2. The standard InChI is InChI=1S/C36H35FN2O5/c37-28-16-18-29(19-17-28)39(35(41)27-10-6-11-27)22-7-23-44-30-20-14-25(15-21-30)24-33(36(42)43)38-32-13-5-4-12-31(32)34(40)26-8-2-1-3-9-26/h1-5,8-9,12-21,27,33,38H,6-7,10-11,22-24H2,(H,42,43). The second-order valence-corrected chi connectivity index (χ2v) is 10.9. The summed E-state index contributed by atoms with van der Waals surface area (Å²) in [5.41, 5.74) is 2.86. The van der Waals surface area contributed by atoms with Crippen molar-refractivity contribution < 1.29 is 28.6 Å². The number of nitrogens with zero attached hydrogens (tertiary/aromatic N) is 1. The molecule has 0 aromatic heterocycles. The van der Waals surface area contributed by atoms with Gasteiger partial charge in [0.2, 0.25) is 5.91 Å². The average Bonchev–Trinajstić information content (AvgIpc) is 3.01. The highest BCUT2D eigenvalue weighted by molar-refractivity contribution is 6.12. The second kappa shape index (κ2) is 14.5. The molecule has 0 bridgehead atoms. The lowest BCUT2D eigenvalue weighted by molar-refractivity contribution is -0.137. The van der Waals surface area contributed by atoms with Crippen molar-refractivity contribution in [3.8, 4) is 5.75 Å². The number of carboxylic acids is 1. The van der Waals surface area contributed by atoms with E-state index < -0.39 is 12.0 Å². The Labute approximate surface area is 256 Å². The van der Waals surface area contributed by atoms with Crippen LogP contribution in [0.3, 0.4) is 0 Å². The first-order chi connectivity index (χ1) is 21.4. The van der Waals surface area contributed by atoms with Gasteiger partial charge in [0.1, 0.15) is 17.6 Å². The molecule has 1 fully saturated rings. The summed E-state index contributed by atoms with van der Waals surface area (Å²) < 4.78 is 19.4. The Bertz CT molecular complexity index is 1570. The number of aliphatic carboxylic acids is 1. The van der Waals surface area contributed by atoms with Gasteiger partial charge in [-0.3, -0.25) is 9.59 Å². The van der Waals surface area contributed by atoms with Crippen LogP contribution in [0.25, 0.3) is 0 Å². The number of carbonyl (C=O) groups excluding carboxylic acids is 2. The van der Waals surface area contributed by atoms with Gasteiger partial charge in [-0.2, -0.15) is 0 Å². The van der Waals surface area contributed by atoms with Gasteiger partial charge in [0, 0.05) is 41.4 Å². The Balaban J connectivity index is 1.16. The van der Waals surface area contributed by atoms with E-state index in [1.165, 1.54) is 12.1 Å². The number of carbonyl (C=O) groups is 3. The van der Waals surface area contributed by atoms with Crippen LogP contribution in [0.4, 0.5) is 15.8 Å². The highest BCUT2D eigenvalue weighted by Gasteiger charge is 2.30. The molecule has 1 aliphatic carbocycles. The molecular weight excluding hydrogens is 559 g/mol. The van der Waals surface area contributed by atoms with Crippen LogP contribution >= 0.6 is 0 Å². The largest absolute Gasteiger partial charge is 0.494 e. The maximum absolute atomic E-state index is 13.5. The molecule has 0 saturated heterocycles. The van der Waals surface area contributed by atoms with Crippen molar-refractivity contribution in [2.24, 2.45) is 5.92 Å². The van der Waals surface area contributed by atoms with E-state index >= 15 is 0 Å². The molecule has 8 heteroatoms. The van der Waals surface area contributed by atoms with Crippen molar-refractivity contribution >= 4 is 29.0 Å². The molecule has 0 radical (unpaired) electrons. The maximum Gasteiger partial charge on any atom is 0.326 e. The molecule has 44 heavy (non-hydrogen) atoms. The minimum atomic E-state index is -1.03. The quantitative estimate of drug-likeness (QED) is 0.124. The second-order valence-electron chi connectivity index (χ2n) is 10.9. The number of hydrogen-bond donors (Lipinski definition) is 2. The highest BCUT2D eigenvalue weighted by Crippen LogP contribution is 2.30. The van der Waals surface area contributed by atoms with Gasteiger partial charge in [-0.1, -0.05) is 61.0 Å². The topological polar surface area (TPSA) is 95.9 Å². The molecule has 1 atom stereocenters. The number of hydrogen-bond acceptors (Lipinski definition) is 5. The van der Waals surface area contributed by atoms with Crippen molar-refractivity contribution in [3.63, 3.8) is 0 Å². The summed E-state index contributed by atoms with van der Waals surface area (Å²) in [4.78, 5) is 40.0. The molecule has 0 heterocycles. The molecule has 7 nitrogen and oxygen atoms in total. The van der Waals surface area contributed by atoms with E-state index in [4.69, 9.17) is 4.74 Å². The Hall–Kier alpha value is -4.98. The third-order valence-corrected chi connectivity index (χ3v) is 7.85. The number of ether oxygens (including phenoxy) is 1. The highest BCUT2D eigenvalue weighted by atomic mass is 19.1. The predicted octanol–water partition coefficient (Wildman–Crippen LogP) is 6.77. The third-order valence-electron chi connectivity index (χ3n) is 7.85. The summed E-state index contributed by atoms with van der Waals surface area (Å²) in [6.45, 7) is 0.833. The van der Waals surface area contributed by atoms with Crippen LogP contribution < -0.4 is 15.0 Å². The fraction of sp³-hybridized carbons (Fsp3) is 0.250. The molecule has 226 valence electrons. The zero-order valence-corrected chi connectivity index (χ0v) is 24.3. The number of halogens is 1. The number of amides is 1. The normalized spacial score (nSPS) is 13.4. The van der Waals surface area contributed by atoms with Crippen LogP contribution in [0, 0.1) is 11.7 Å². The molecule has 1 aliphatic rings. The van der Waals surface area contributed by atoms with Crippen molar-refractivity contribution in [3.05, 3.63) is 126 Å². The zero-order valence-electron chi connectivity index (χ0n) is 24.3. The molecular formula is C36H35FN2O5. The van der Waals surface area contributed by atoms with Crippen LogP contribution in [0.2, 0.25) is 0 Å². The SMILES string of the molecule is O=C(c1ccccc1)c1ccccc1NC(Cc1ccc(OCCCN(C(=O)C2CCC2)c2ccc(F)cc2)cc1)C(=O)O. The summed E-state index contributed by atoms with van der Waals surface area (Å²) >= 11 is 0. The third kappa shape index (κ3) is 7.69. The number of para-hydroxylation sites is 1. The number of carboxylic acid groups (broad SMARTS) is 1. The summed E-state index contributed by atoms with van der Waals surface area (Å²) in [5.74, 6) is -0.839. The molecule has 1 unspecified atom stereocenters. The smallest absolute Gasteiger partial charge is 0.326 e. The van der Waals surface area contributed by atoms with Crippen molar-refractivity contribution in [2.45, 2.75) is 38.1 Å². The van der Waals surface area contributed by atoms with Gasteiger partial charge in [0.25, 0.3) is 0 Å². The molecule has 5 rings (SSSR count). The predicted molar refractivity (Wildman–Crippen MR) is 168 cm³/mol. The summed E-state index contributed by atoms with van der Waals surface area (Å²) in [6, 6.07) is 28.0. The first kappa shape index (κ1) is 30.5. The Morgan fingerprint density at radius 1 is 0.886 bits per heavy atom. The monoisotopic (exact) mass is 594 g/mol. The van der Waals surface area contributed by atoms with Crippen molar-refractivity contribution in [1.82, 2.24) is 0 Å². The van der Waals surface area contributed by atoms with E-state index in [1.54, 1.807) is 77.7 Å². The molecule has 0 aliphatic heterocycles. The molecule has 2 N–H and O–H groups in total. The fourth-order valence-corrected chi connectivity index (χ4v) is 5.17. The number of rotatable bonds is 14. The molecule has 1 saturated carbocycles. The van der Waals surface area contributed by atoms with Crippen LogP contribution in [-0.2, 0) is 16.0 Å².